The van der Waals surface area contributed by atoms with Crippen molar-refractivity contribution >= 4 is 85.7 Å². The Morgan fingerprint density at radius 1 is 0.520 bits per heavy atom. The fraction of sp³-hybridized carbons (Fsp3) is 0.0435. The highest BCUT2D eigenvalue weighted by molar-refractivity contribution is 7.80. The lowest BCUT2D eigenvalue weighted by atomic mass is 9.90. The predicted molar refractivity (Wildman–Crippen MR) is 210 cm³/mol. The van der Waals surface area contributed by atoms with Gasteiger partial charge in [0.05, 0.1) is 5.69 Å². The summed E-state index contributed by atoms with van der Waals surface area (Å²) in [5.41, 5.74) is 9.88. The van der Waals surface area contributed by atoms with Gasteiger partial charge in [0.2, 0.25) is 0 Å². The molecular weight excluding hydrogens is 631 g/mol. The van der Waals surface area contributed by atoms with E-state index < -0.39 is 0 Å². The maximum atomic E-state index is 6.57. The SMILES string of the molecule is Sc1ccc2c(oc3ccccc32)c1-c1ccc(N(c2ccc(C3C=c4ccccc4=CC3)cc2)c2cccc3c2oc2ccccc23)cc1. The van der Waals surface area contributed by atoms with E-state index in [-0.39, 0.29) is 0 Å². The van der Waals surface area contributed by atoms with Gasteiger partial charge in [-0.3, -0.25) is 0 Å². The highest BCUT2D eigenvalue weighted by Gasteiger charge is 2.21. The number of benzene rings is 7. The molecule has 1 unspecified atom stereocenters. The van der Waals surface area contributed by atoms with Crippen LogP contribution < -0.4 is 15.3 Å². The minimum atomic E-state index is 0.335. The lowest BCUT2D eigenvalue weighted by molar-refractivity contribution is 0.669. The van der Waals surface area contributed by atoms with Crippen LogP contribution in [0.1, 0.15) is 17.9 Å². The molecule has 0 fully saturated rings. The Morgan fingerprint density at radius 3 is 1.86 bits per heavy atom. The second-order valence-corrected chi connectivity index (χ2v) is 13.5. The average molecular weight is 662 g/mol. The quantitative estimate of drug-likeness (QED) is 0.186. The van der Waals surface area contributed by atoms with Crippen LogP contribution in [0, 0.1) is 0 Å². The van der Waals surface area contributed by atoms with Gasteiger partial charge in [0.15, 0.2) is 5.58 Å². The molecule has 0 spiro atoms. The third-order valence-corrected chi connectivity index (χ3v) is 10.5. The number of rotatable bonds is 5. The second kappa shape index (κ2) is 11.6. The van der Waals surface area contributed by atoms with Gasteiger partial charge in [0.1, 0.15) is 16.7 Å². The van der Waals surface area contributed by atoms with Crippen LogP contribution in [0.15, 0.2) is 165 Å². The van der Waals surface area contributed by atoms with Gasteiger partial charge in [-0.15, -0.1) is 12.6 Å². The van der Waals surface area contributed by atoms with Crippen molar-refractivity contribution < 1.29 is 8.83 Å². The molecule has 0 radical (unpaired) electrons. The van der Waals surface area contributed by atoms with E-state index >= 15 is 0 Å². The minimum absolute atomic E-state index is 0.335. The lowest BCUT2D eigenvalue weighted by Gasteiger charge is -2.26. The Hall–Kier alpha value is -5.97. The zero-order valence-electron chi connectivity index (χ0n) is 27.1. The average Bonchev–Trinajstić information content (AvgIpc) is 3.74. The van der Waals surface area contributed by atoms with E-state index in [2.05, 4.69) is 144 Å². The van der Waals surface area contributed by atoms with Crippen LogP contribution in [0.3, 0.4) is 0 Å². The molecular formula is C46H31NO2S. The summed E-state index contributed by atoms with van der Waals surface area (Å²) in [7, 11) is 0. The zero-order chi connectivity index (χ0) is 33.2. The van der Waals surface area contributed by atoms with Gasteiger partial charge in [-0.1, -0.05) is 109 Å². The molecule has 3 nitrogen and oxygen atoms in total. The fourth-order valence-electron chi connectivity index (χ4n) is 7.66. The van der Waals surface area contributed by atoms with E-state index in [4.69, 9.17) is 21.5 Å². The molecule has 4 heteroatoms. The van der Waals surface area contributed by atoms with Crippen LogP contribution in [-0.4, -0.2) is 0 Å². The number of para-hydroxylation sites is 3. The van der Waals surface area contributed by atoms with Gasteiger partial charge in [0.25, 0.3) is 0 Å². The monoisotopic (exact) mass is 661 g/mol. The minimum Gasteiger partial charge on any atom is -0.455 e. The molecule has 1 atom stereocenters. The van der Waals surface area contributed by atoms with Crippen LogP contribution in [0.5, 0.6) is 0 Å². The molecule has 9 aromatic rings. The van der Waals surface area contributed by atoms with Gasteiger partial charge in [-0.25, -0.2) is 0 Å². The normalized spacial score (nSPS) is 14.1. The smallest absolute Gasteiger partial charge is 0.159 e. The molecule has 1 aliphatic rings. The van der Waals surface area contributed by atoms with E-state index in [0.717, 1.165) is 83.4 Å². The van der Waals surface area contributed by atoms with Gasteiger partial charge >= 0.3 is 0 Å². The standard InChI is InChI=1S/C46H31NO2S/c50-43-27-26-39-37-11-4-6-15-42(37)49-46(39)44(43)31-20-24-35(25-21-31)47(40-13-7-12-38-36-10-3-5-14-41(36)48-45(38)40)34-22-18-30(19-23-34)33-17-16-29-8-1-2-9-32(29)28-33/h1-16,18-28,33,50H,17H2. The van der Waals surface area contributed by atoms with Gasteiger partial charge in [0, 0.05) is 49.3 Å². The fourth-order valence-corrected chi connectivity index (χ4v) is 7.97. The summed E-state index contributed by atoms with van der Waals surface area (Å²) in [5.74, 6) is 0.335. The van der Waals surface area contributed by atoms with Crippen molar-refractivity contribution in [2.75, 3.05) is 4.90 Å². The maximum Gasteiger partial charge on any atom is 0.159 e. The summed E-state index contributed by atoms with van der Waals surface area (Å²) in [4.78, 5) is 3.18. The van der Waals surface area contributed by atoms with Gasteiger partial charge in [-0.05, 0) is 82.6 Å². The van der Waals surface area contributed by atoms with Crippen molar-refractivity contribution in [3.05, 3.63) is 168 Å². The highest BCUT2D eigenvalue weighted by atomic mass is 32.1. The lowest BCUT2D eigenvalue weighted by Crippen LogP contribution is -2.27. The summed E-state index contributed by atoms with van der Waals surface area (Å²) < 4.78 is 13.0. The second-order valence-electron chi connectivity index (χ2n) is 13.0. The Bertz CT molecular complexity index is 2860. The molecule has 1 aliphatic carbocycles. The Balaban J connectivity index is 1.10. The van der Waals surface area contributed by atoms with E-state index in [1.807, 2.05) is 24.3 Å². The number of hydrogen-bond donors (Lipinski definition) is 1. The topological polar surface area (TPSA) is 29.5 Å². The highest BCUT2D eigenvalue weighted by Crippen LogP contribution is 2.44. The number of fused-ring (bicyclic) bond motifs is 7. The summed E-state index contributed by atoms with van der Waals surface area (Å²) in [6.45, 7) is 0. The molecule has 0 aliphatic heterocycles. The first kappa shape index (κ1) is 29.0. The molecule has 2 aromatic heterocycles. The third-order valence-electron chi connectivity index (χ3n) is 10.1. The maximum absolute atomic E-state index is 6.57. The van der Waals surface area contributed by atoms with Crippen LogP contribution in [0.4, 0.5) is 17.1 Å². The summed E-state index contributed by atoms with van der Waals surface area (Å²) in [6, 6.07) is 53.4. The van der Waals surface area contributed by atoms with E-state index in [9.17, 15) is 0 Å². The van der Waals surface area contributed by atoms with E-state index in [1.165, 1.54) is 16.0 Å². The van der Waals surface area contributed by atoms with Gasteiger partial charge in [-0.2, -0.15) is 0 Å². The van der Waals surface area contributed by atoms with Crippen molar-refractivity contribution in [2.24, 2.45) is 0 Å². The molecule has 2 heterocycles. The Morgan fingerprint density at radius 2 is 1.12 bits per heavy atom. The Labute approximate surface area is 294 Å². The molecule has 0 saturated carbocycles. The molecule has 0 N–H and O–H groups in total. The number of furan rings is 2. The van der Waals surface area contributed by atoms with Crippen LogP contribution >= 0.6 is 12.6 Å². The van der Waals surface area contributed by atoms with Gasteiger partial charge < -0.3 is 13.7 Å². The van der Waals surface area contributed by atoms with Crippen molar-refractivity contribution in [1.29, 1.82) is 0 Å². The largest absolute Gasteiger partial charge is 0.455 e. The van der Waals surface area contributed by atoms with E-state index in [0.29, 0.717) is 5.92 Å². The molecule has 0 amide bonds. The number of thiol groups is 1. The summed E-state index contributed by atoms with van der Waals surface area (Å²) in [6.07, 6.45) is 5.74. The first-order valence-electron chi connectivity index (χ1n) is 17.0. The molecule has 7 aromatic carbocycles. The van der Waals surface area contributed by atoms with E-state index in [1.54, 1.807) is 0 Å². The number of nitrogens with zero attached hydrogens (tertiary/aromatic N) is 1. The molecule has 238 valence electrons. The molecule has 0 saturated heterocycles. The summed E-state index contributed by atoms with van der Waals surface area (Å²) >= 11 is 4.89. The number of hydrogen-bond acceptors (Lipinski definition) is 4. The number of anilines is 3. The first-order chi connectivity index (χ1) is 24.7. The third kappa shape index (κ3) is 4.67. The van der Waals surface area contributed by atoms with Crippen molar-refractivity contribution in [2.45, 2.75) is 17.2 Å². The molecule has 50 heavy (non-hydrogen) atoms. The molecule has 0 bridgehead atoms. The predicted octanol–water partition coefficient (Wildman–Crippen LogP) is 11.7. The summed E-state index contributed by atoms with van der Waals surface area (Å²) in [5, 5.41) is 7.02. The van der Waals surface area contributed by atoms with Crippen molar-refractivity contribution in [3.63, 3.8) is 0 Å². The zero-order valence-corrected chi connectivity index (χ0v) is 28.0. The van der Waals surface area contributed by atoms with Crippen LogP contribution in [-0.2, 0) is 0 Å². The van der Waals surface area contributed by atoms with Crippen molar-refractivity contribution in [1.82, 2.24) is 0 Å². The van der Waals surface area contributed by atoms with Crippen LogP contribution in [0.2, 0.25) is 0 Å². The molecule has 10 rings (SSSR count). The van der Waals surface area contributed by atoms with Crippen molar-refractivity contribution in [3.8, 4) is 11.1 Å². The van der Waals surface area contributed by atoms with Crippen LogP contribution in [0.25, 0.3) is 67.2 Å². The first-order valence-corrected chi connectivity index (χ1v) is 17.5. The Kier molecular flexibility index (Phi) is 6.71.